The standard InChI is InChI=1S/C21H32N2O5S/c1-14(2)11-22(12-15(3)4)20(24)13-28-21(25)17-7-8-19-18(10-17)9-16(5)23(19)29(6,26)27/h7-8,10,14-16H,9,11-13H2,1-6H3/t16-/m1/s1. The Morgan fingerprint density at radius 2 is 1.76 bits per heavy atom. The number of ether oxygens (including phenoxy) is 1. The molecule has 1 aliphatic rings. The average Bonchev–Trinajstić information content (AvgIpc) is 2.92. The second kappa shape index (κ2) is 9.15. The van der Waals surface area contributed by atoms with E-state index in [9.17, 15) is 18.0 Å². The highest BCUT2D eigenvalue weighted by molar-refractivity contribution is 7.92. The van der Waals surface area contributed by atoms with Crippen LogP contribution in [0.25, 0.3) is 0 Å². The van der Waals surface area contributed by atoms with Gasteiger partial charge in [-0.3, -0.25) is 9.10 Å². The van der Waals surface area contributed by atoms with Crippen molar-refractivity contribution in [3.63, 3.8) is 0 Å². The number of benzene rings is 1. The minimum atomic E-state index is -3.38. The molecule has 1 aliphatic heterocycles. The molecule has 7 nitrogen and oxygen atoms in total. The Hall–Kier alpha value is -2.09. The molecule has 0 N–H and O–H groups in total. The van der Waals surface area contributed by atoms with Crippen molar-refractivity contribution in [2.24, 2.45) is 11.8 Å². The lowest BCUT2D eigenvalue weighted by Gasteiger charge is -2.26. The monoisotopic (exact) mass is 424 g/mol. The van der Waals surface area contributed by atoms with Crippen molar-refractivity contribution < 1.29 is 22.7 Å². The maximum absolute atomic E-state index is 12.5. The van der Waals surface area contributed by atoms with Gasteiger partial charge in [-0.25, -0.2) is 13.2 Å². The van der Waals surface area contributed by atoms with Gasteiger partial charge in [0.2, 0.25) is 10.0 Å². The zero-order chi connectivity index (χ0) is 21.9. The summed E-state index contributed by atoms with van der Waals surface area (Å²) in [4.78, 5) is 26.7. The topological polar surface area (TPSA) is 84.0 Å². The third kappa shape index (κ3) is 5.95. The smallest absolute Gasteiger partial charge is 0.338 e. The summed E-state index contributed by atoms with van der Waals surface area (Å²) in [6.45, 7) is 10.9. The van der Waals surface area contributed by atoms with Crippen LogP contribution in [0, 0.1) is 11.8 Å². The number of fused-ring (bicyclic) bond motifs is 1. The van der Waals surface area contributed by atoms with Crippen LogP contribution in [0.5, 0.6) is 0 Å². The first kappa shape index (κ1) is 23.2. The van der Waals surface area contributed by atoms with E-state index in [2.05, 4.69) is 0 Å². The normalized spacial score (nSPS) is 16.3. The number of esters is 1. The lowest BCUT2D eigenvalue weighted by atomic mass is 10.1. The first-order valence-corrected chi connectivity index (χ1v) is 11.8. The second-order valence-corrected chi connectivity index (χ2v) is 10.5. The number of hydrogen-bond acceptors (Lipinski definition) is 5. The summed E-state index contributed by atoms with van der Waals surface area (Å²) in [6.07, 6.45) is 1.70. The van der Waals surface area contributed by atoms with Crippen LogP contribution >= 0.6 is 0 Å². The van der Waals surface area contributed by atoms with E-state index < -0.39 is 16.0 Å². The molecule has 0 saturated carbocycles. The fourth-order valence-electron chi connectivity index (χ4n) is 3.70. The zero-order valence-corrected chi connectivity index (χ0v) is 19.0. The molecule has 8 heteroatoms. The Morgan fingerprint density at radius 3 is 2.28 bits per heavy atom. The molecule has 1 aromatic rings. The first-order valence-electron chi connectivity index (χ1n) is 9.97. The Bertz CT molecular complexity index is 854. The summed E-state index contributed by atoms with van der Waals surface area (Å²) < 4.78 is 30.6. The molecule has 2 rings (SSSR count). The molecule has 0 saturated heterocycles. The Morgan fingerprint density at radius 1 is 1.17 bits per heavy atom. The maximum atomic E-state index is 12.5. The largest absolute Gasteiger partial charge is 0.452 e. The van der Waals surface area contributed by atoms with Gasteiger partial charge in [0, 0.05) is 19.1 Å². The average molecular weight is 425 g/mol. The SMILES string of the molecule is CC(C)CN(CC(C)C)C(=O)COC(=O)c1ccc2c(c1)C[C@@H](C)N2S(C)(=O)=O. The third-order valence-corrected chi connectivity index (χ3v) is 5.95. The van der Waals surface area contributed by atoms with E-state index >= 15 is 0 Å². The lowest BCUT2D eigenvalue weighted by Crippen LogP contribution is -2.39. The number of carbonyl (C=O) groups is 2. The summed E-state index contributed by atoms with van der Waals surface area (Å²) in [5, 5.41) is 0. The van der Waals surface area contributed by atoms with Gasteiger partial charge < -0.3 is 9.64 Å². The maximum Gasteiger partial charge on any atom is 0.338 e. The third-order valence-electron chi connectivity index (χ3n) is 4.68. The summed E-state index contributed by atoms with van der Waals surface area (Å²) in [5.41, 5.74) is 1.69. The first-order chi connectivity index (χ1) is 13.4. The summed E-state index contributed by atoms with van der Waals surface area (Å²) in [5.74, 6) is -0.144. The molecule has 0 aliphatic carbocycles. The molecular weight excluding hydrogens is 392 g/mol. The highest BCUT2D eigenvalue weighted by Crippen LogP contribution is 2.34. The van der Waals surface area contributed by atoms with Crippen molar-refractivity contribution in [3.05, 3.63) is 29.3 Å². The van der Waals surface area contributed by atoms with Crippen LogP contribution in [0.3, 0.4) is 0 Å². The second-order valence-electron chi connectivity index (χ2n) is 8.62. The van der Waals surface area contributed by atoms with Gasteiger partial charge in [0.25, 0.3) is 5.91 Å². The van der Waals surface area contributed by atoms with Crippen LogP contribution in [-0.2, 0) is 26.0 Å². The van der Waals surface area contributed by atoms with Gasteiger partial charge in [-0.1, -0.05) is 27.7 Å². The fourth-order valence-corrected chi connectivity index (χ4v) is 4.96. The quantitative estimate of drug-likeness (QED) is 0.599. The summed E-state index contributed by atoms with van der Waals surface area (Å²) in [6, 6.07) is 4.63. The van der Waals surface area contributed by atoms with Gasteiger partial charge in [-0.2, -0.15) is 0 Å². The van der Waals surface area contributed by atoms with Crippen LogP contribution in [-0.4, -0.2) is 57.2 Å². The molecule has 162 valence electrons. The minimum Gasteiger partial charge on any atom is -0.452 e. The van der Waals surface area contributed by atoms with E-state index in [-0.39, 0.29) is 18.6 Å². The minimum absolute atomic E-state index is 0.200. The number of hydrogen-bond donors (Lipinski definition) is 0. The van der Waals surface area contributed by atoms with Gasteiger partial charge in [0.15, 0.2) is 6.61 Å². The molecule has 0 radical (unpaired) electrons. The van der Waals surface area contributed by atoms with Crippen LogP contribution < -0.4 is 4.31 Å². The molecular formula is C21H32N2O5S. The van der Waals surface area contributed by atoms with E-state index in [1.165, 1.54) is 10.6 Å². The predicted octanol–water partition coefficient (Wildman–Crippen LogP) is 2.69. The van der Waals surface area contributed by atoms with E-state index in [1.54, 1.807) is 23.1 Å². The van der Waals surface area contributed by atoms with Gasteiger partial charge >= 0.3 is 5.97 Å². The van der Waals surface area contributed by atoms with Crippen molar-refractivity contribution in [2.75, 3.05) is 30.3 Å². The molecule has 29 heavy (non-hydrogen) atoms. The Labute approximate surface area is 174 Å². The number of amides is 1. The van der Waals surface area contributed by atoms with Gasteiger partial charge in [0.1, 0.15) is 0 Å². The van der Waals surface area contributed by atoms with Crippen molar-refractivity contribution >= 4 is 27.6 Å². The summed E-state index contributed by atoms with van der Waals surface area (Å²) in [7, 11) is -3.38. The molecule has 0 unspecified atom stereocenters. The van der Waals surface area contributed by atoms with Gasteiger partial charge in [0.05, 0.1) is 17.5 Å². The van der Waals surface area contributed by atoms with Gasteiger partial charge in [-0.15, -0.1) is 0 Å². The number of nitrogens with zero attached hydrogens (tertiary/aromatic N) is 2. The lowest BCUT2D eigenvalue weighted by molar-refractivity contribution is -0.135. The van der Waals surface area contributed by atoms with E-state index in [0.717, 1.165) is 5.56 Å². The molecule has 0 bridgehead atoms. The number of rotatable bonds is 8. The molecule has 0 spiro atoms. The summed E-state index contributed by atoms with van der Waals surface area (Å²) >= 11 is 0. The number of anilines is 1. The van der Waals surface area contributed by atoms with Crippen molar-refractivity contribution in [2.45, 2.75) is 47.1 Å². The number of sulfonamides is 1. The van der Waals surface area contributed by atoms with Crippen LogP contribution in [0.2, 0.25) is 0 Å². The van der Waals surface area contributed by atoms with Crippen LogP contribution in [0.1, 0.15) is 50.5 Å². The van der Waals surface area contributed by atoms with Crippen LogP contribution in [0.15, 0.2) is 18.2 Å². The highest BCUT2D eigenvalue weighted by Gasteiger charge is 2.33. The molecule has 0 fully saturated rings. The molecule has 1 heterocycles. The van der Waals surface area contributed by atoms with Crippen LogP contribution in [0.4, 0.5) is 5.69 Å². The molecule has 1 amide bonds. The van der Waals surface area contributed by atoms with E-state index in [0.29, 0.717) is 42.6 Å². The van der Waals surface area contributed by atoms with E-state index in [1.807, 2.05) is 34.6 Å². The highest BCUT2D eigenvalue weighted by atomic mass is 32.2. The van der Waals surface area contributed by atoms with Crippen molar-refractivity contribution in [1.29, 1.82) is 0 Å². The fraction of sp³-hybridized carbons (Fsp3) is 0.619. The Balaban J connectivity index is 2.07. The number of carbonyl (C=O) groups excluding carboxylic acids is 2. The molecule has 0 aromatic heterocycles. The van der Waals surface area contributed by atoms with Crippen molar-refractivity contribution in [1.82, 2.24) is 4.90 Å². The van der Waals surface area contributed by atoms with E-state index in [4.69, 9.17) is 4.74 Å². The zero-order valence-electron chi connectivity index (χ0n) is 18.1. The molecule has 1 atom stereocenters. The van der Waals surface area contributed by atoms with Gasteiger partial charge in [-0.05, 0) is 48.9 Å². The Kier molecular flexibility index (Phi) is 7.32. The predicted molar refractivity (Wildman–Crippen MR) is 113 cm³/mol. The molecule has 1 aromatic carbocycles. The van der Waals surface area contributed by atoms with Crippen molar-refractivity contribution in [3.8, 4) is 0 Å².